The van der Waals surface area contributed by atoms with E-state index in [0.717, 1.165) is 10.2 Å². The fraction of sp³-hybridized carbons (Fsp3) is 0.0909. The first-order chi connectivity index (χ1) is 7.72. The van der Waals surface area contributed by atoms with Crippen LogP contribution >= 0.6 is 15.9 Å². The van der Waals surface area contributed by atoms with Gasteiger partial charge < -0.3 is 9.30 Å². The van der Waals surface area contributed by atoms with Gasteiger partial charge in [-0.2, -0.15) is 0 Å². The second-order valence-electron chi connectivity index (χ2n) is 3.13. The molecule has 2 rings (SSSR count). The molecule has 0 N–H and O–H groups in total. The highest BCUT2D eigenvalue weighted by atomic mass is 79.9. The Morgan fingerprint density at radius 1 is 1.50 bits per heavy atom. The standard InChI is InChI=1S/C11H9BrN2O2/c1-16-11(15)8-2-3-10(9(12)6-8)14-5-4-13-7-14/h2-7H,1H3. The molecule has 0 saturated heterocycles. The Labute approximate surface area is 101 Å². The van der Waals surface area contributed by atoms with E-state index in [0.29, 0.717) is 5.56 Å². The molecule has 0 spiro atoms. The van der Waals surface area contributed by atoms with Gasteiger partial charge in [-0.05, 0) is 34.1 Å². The van der Waals surface area contributed by atoms with Crippen LogP contribution < -0.4 is 0 Å². The summed E-state index contributed by atoms with van der Waals surface area (Å²) in [6, 6.07) is 5.27. The summed E-state index contributed by atoms with van der Waals surface area (Å²) >= 11 is 3.41. The van der Waals surface area contributed by atoms with Crippen molar-refractivity contribution in [3.63, 3.8) is 0 Å². The molecule has 0 atom stereocenters. The predicted molar refractivity (Wildman–Crippen MR) is 62.6 cm³/mol. The second-order valence-corrected chi connectivity index (χ2v) is 3.98. The molecule has 82 valence electrons. The summed E-state index contributed by atoms with van der Waals surface area (Å²) < 4.78 is 7.31. The van der Waals surface area contributed by atoms with Crippen molar-refractivity contribution in [2.24, 2.45) is 0 Å². The van der Waals surface area contributed by atoms with E-state index in [9.17, 15) is 4.79 Å². The molecule has 1 heterocycles. The van der Waals surface area contributed by atoms with E-state index in [-0.39, 0.29) is 5.97 Å². The van der Waals surface area contributed by atoms with Crippen molar-refractivity contribution in [1.82, 2.24) is 9.55 Å². The summed E-state index contributed by atoms with van der Waals surface area (Å²) in [6.45, 7) is 0. The molecule has 0 radical (unpaired) electrons. The quantitative estimate of drug-likeness (QED) is 0.794. The largest absolute Gasteiger partial charge is 0.465 e. The average molecular weight is 281 g/mol. The van der Waals surface area contributed by atoms with Gasteiger partial charge in [-0.3, -0.25) is 0 Å². The number of halogens is 1. The van der Waals surface area contributed by atoms with Gasteiger partial charge in [0.15, 0.2) is 0 Å². The fourth-order valence-electron chi connectivity index (χ4n) is 1.36. The average Bonchev–Trinajstić information content (AvgIpc) is 2.81. The highest BCUT2D eigenvalue weighted by Gasteiger charge is 2.08. The lowest BCUT2D eigenvalue weighted by molar-refractivity contribution is 0.0600. The molecule has 0 aliphatic heterocycles. The highest BCUT2D eigenvalue weighted by Crippen LogP contribution is 2.22. The first-order valence-electron chi connectivity index (χ1n) is 4.58. The summed E-state index contributed by atoms with van der Waals surface area (Å²) in [5, 5.41) is 0. The van der Waals surface area contributed by atoms with E-state index in [1.54, 1.807) is 24.7 Å². The molecule has 16 heavy (non-hydrogen) atoms. The van der Waals surface area contributed by atoms with Crippen LogP contribution in [0, 0.1) is 0 Å². The number of carbonyl (C=O) groups excluding carboxylic acids is 1. The Balaban J connectivity index is 2.41. The number of benzene rings is 1. The van der Waals surface area contributed by atoms with Gasteiger partial charge >= 0.3 is 5.97 Å². The lowest BCUT2D eigenvalue weighted by atomic mass is 10.2. The first-order valence-corrected chi connectivity index (χ1v) is 5.38. The Morgan fingerprint density at radius 2 is 2.31 bits per heavy atom. The minimum absolute atomic E-state index is 0.349. The zero-order valence-electron chi connectivity index (χ0n) is 8.55. The van der Waals surface area contributed by atoms with E-state index >= 15 is 0 Å². The van der Waals surface area contributed by atoms with Gasteiger partial charge in [0.1, 0.15) is 0 Å². The van der Waals surface area contributed by atoms with E-state index in [1.165, 1.54) is 7.11 Å². The lowest BCUT2D eigenvalue weighted by Gasteiger charge is -2.06. The van der Waals surface area contributed by atoms with Crippen LogP contribution in [0.4, 0.5) is 0 Å². The number of hydrogen-bond donors (Lipinski definition) is 0. The van der Waals surface area contributed by atoms with Crippen LogP contribution in [0.15, 0.2) is 41.4 Å². The molecule has 1 aromatic heterocycles. The first kappa shape index (κ1) is 10.9. The Hall–Kier alpha value is -1.62. The summed E-state index contributed by atoms with van der Waals surface area (Å²) in [7, 11) is 1.36. The molecule has 0 aliphatic carbocycles. The van der Waals surface area contributed by atoms with Gasteiger partial charge in [0.05, 0.1) is 24.7 Å². The SMILES string of the molecule is COC(=O)c1ccc(-n2ccnc2)c(Br)c1. The van der Waals surface area contributed by atoms with Crippen LogP contribution in [0.3, 0.4) is 0 Å². The molecule has 0 saturated carbocycles. The molecule has 0 bridgehead atoms. The molecule has 0 unspecified atom stereocenters. The lowest BCUT2D eigenvalue weighted by Crippen LogP contribution is -2.02. The Kier molecular flexibility index (Phi) is 3.05. The third-order valence-corrected chi connectivity index (χ3v) is 2.79. The van der Waals surface area contributed by atoms with Crippen molar-refractivity contribution in [1.29, 1.82) is 0 Å². The van der Waals surface area contributed by atoms with Gasteiger partial charge in [-0.15, -0.1) is 0 Å². The molecule has 2 aromatic rings. The molecule has 0 aliphatic rings. The number of rotatable bonds is 2. The van der Waals surface area contributed by atoms with Crippen LogP contribution in [0.1, 0.15) is 10.4 Å². The van der Waals surface area contributed by atoms with Crippen molar-refractivity contribution < 1.29 is 9.53 Å². The van der Waals surface area contributed by atoms with Crippen molar-refractivity contribution in [2.75, 3.05) is 7.11 Å². The predicted octanol–water partition coefficient (Wildman–Crippen LogP) is 2.42. The second kappa shape index (κ2) is 4.49. The zero-order chi connectivity index (χ0) is 11.5. The third-order valence-electron chi connectivity index (χ3n) is 2.15. The summed E-state index contributed by atoms with van der Waals surface area (Å²) in [4.78, 5) is 15.3. The maximum Gasteiger partial charge on any atom is 0.337 e. The maximum atomic E-state index is 11.3. The van der Waals surface area contributed by atoms with Crippen molar-refractivity contribution >= 4 is 21.9 Å². The molecule has 4 nitrogen and oxygen atoms in total. The molecule has 1 aromatic carbocycles. The van der Waals surface area contributed by atoms with Crippen LogP contribution in [-0.2, 0) is 4.74 Å². The number of esters is 1. The van der Waals surface area contributed by atoms with Crippen LogP contribution in [0.2, 0.25) is 0 Å². The van der Waals surface area contributed by atoms with E-state index < -0.39 is 0 Å². The van der Waals surface area contributed by atoms with Gasteiger partial charge in [-0.1, -0.05) is 0 Å². The Morgan fingerprint density at radius 3 is 2.88 bits per heavy atom. The molecular weight excluding hydrogens is 272 g/mol. The fourth-order valence-corrected chi connectivity index (χ4v) is 1.95. The normalized spacial score (nSPS) is 10.1. The summed E-state index contributed by atoms with van der Waals surface area (Å²) in [6.07, 6.45) is 5.22. The molecular formula is C11H9BrN2O2. The smallest absolute Gasteiger partial charge is 0.337 e. The van der Waals surface area contributed by atoms with Gasteiger partial charge in [-0.25, -0.2) is 9.78 Å². The van der Waals surface area contributed by atoms with Crippen molar-refractivity contribution in [3.05, 3.63) is 47.0 Å². The number of methoxy groups -OCH3 is 1. The number of imidazole rings is 1. The third kappa shape index (κ3) is 1.99. The van der Waals surface area contributed by atoms with Gasteiger partial charge in [0.25, 0.3) is 0 Å². The van der Waals surface area contributed by atoms with E-state index in [1.807, 2.05) is 16.8 Å². The minimum Gasteiger partial charge on any atom is -0.465 e. The molecule has 0 amide bonds. The monoisotopic (exact) mass is 280 g/mol. The zero-order valence-corrected chi connectivity index (χ0v) is 10.1. The topological polar surface area (TPSA) is 44.1 Å². The minimum atomic E-state index is -0.349. The van der Waals surface area contributed by atoms with Crippen LogP contribution in [-0.4, -0.2) is 22.6 Å². The summed E-state index contributed by atoms with van der Waals surface area (Å²) in [5.41, 5.74) is 1.43. The van der Waals surface area contributed by atoms with Gasteiger partial charge in [0.2, 0.25) is 0 Å². The molecule has 5 heteroatoms. The number of hydrogen-bond acceptors (Lipinski definition) is 3. The summed E-state index contributed by atoms with van der Waals surface area (Å²) in [5.74, 6) is -0.349. The number of nitrogens with zero attached hydrogens (tertiary/aromatic N) is 2. The number of ether oxygens (including phenoxy) is 1. The van der Waals surface area contributed by atoms with Crippen molar-refractivity contribution in [3.8, 4) is 5.69 Å². The Bertz CT molecular complexity index is 509. The number of carbonyl (C=O) groups is 1. The maximum absolute atomic E-state index is 11.3. The van der Waals surface area contributed by atoms with Crippen LogP contribution in [0.5, 0.6) is 0 Å². The molecule has 0 fully saturated rings. The van der Waals surface area contributed by atoms with Gasteiger partial charge in [0, 0.05) is 16.9 Å². The van der Waals surface area contributed by atoms with Crippen LogP contribution in [0.25, 0.3) is 5.69 Å². The van der Waals surface area contributed by atoms with E-state index in [4.69, 9.17) is 0 Å². The van der Waals surface area contributed by atoms with E-state index in [2.05, 4.69) is 25.7 Å². The van der Waals surface area contributed by atoms with Crippen molar-refractivity contribution in [2.45, 2.75) is 0 Å². The number of aromatic nitrogens is 2. The highest BCUT2D eigenvalue weighted by molar-refractivity contribution is 9.10.